The van der Waals surface area contributed by atoms with Gasteiger partial charge in [0.2, 0.25) is 10.0 Å². The van der Waals surface area contributed by atoms with Gasteiger partial charge in [-0.15, -0.1) is 0 Å². The third-order valence-corrected chi connectivity index (χ3v) is 5.84. The number of aryl methyl sites for hydroxylation is 1. The fourth-order valence-electron chi connectivity index (χ4n) is 2.76. The molecular formula is C14H21N3O4S. The molecule has 0 spiro atoms. The van der Waals surface area contributed by atoms with Crippen molar-refractivity contribution in [2.24, 2.45) is 7.05 Å². The predicted octanol–water partition coefficient (Wildman–Crippen LogP) is 0.517. The van der Waals surface area contributed by atoms with Gasteiger partial charge in [-0.05, 0) is 25.8 Å². The quantitative estimate of drug-likeness (QED) is 0.873. The monoisotopic (exact) mass is 327 g/mol. The van der Waals surface area contributed by atoms with Gasteiger partial charge in [0.25, 0.3) is 5.91 Å². The summed E-state index contributed by atoms with van der Waals surface area (Å²) in [6.45, 7) is 1.75. The zero-order chi connectivity index (χ0) is 16.5. The number of carbonyl (C=O) groups is 2. The molecule has 7 nitrogen and oxygen atoms in total. The van der Waals surface area contributed by atoms with Gasteiger partial charge in [0.05, 0.1) is 6.04 Å². The molecule has 122 valence electrons. The summed E-state index contributed by atoms with van der Waals surface area (Å²) >= 11 is 0. The maximum absolute atomic E-state index is 12.8. The molecule has 1 aromatic heterocycles. The number of aromatic nitrogens is 1. The number of sulfonamides is 1. The van der Waals surface area contributed by atoms with Crippen LogP contribution in [-0.4, -0.2) is 48.6 Å². The lowest BCUT2D eigenvalue weighted by atomic mass is 10.0. The minimum atomic E-state index is -3.79. The van der Waals surface area contributed by atoms with E-state index in [1.54, 1.807) is 7.05 Å². The zero-order valence-electron chi connectivity index (χ0n) is 13.0. The van der Waals surface area contributed by atoms with Crippen molar-refractivity contribution in [2.45, 2.75) is 37.1 Å². The van der Waals surface area contributed by atoms with Crippen LogP contribution in [0.15, 0.2) is 17.2 Å². The largest absolute Gasteiger partial charge is 0.354 e. The van der Waals surface area contributed by atoms with Gasteiger partial charge in [-0.25, -0.2) is 8.42 Å². The van der Waals surface area contributed by atoms with Gasteiger partial charge in [-0.3, -0.25) is 9.59 Å². The Hall–Kier alpha value is -1.67. The standard InChI is InChI=1S/C14H21N3O4S/c1-10(18)12-6-4-5-7-17(12)22(20,21)11-8-13(14(19)15-2)16(3)9-11/h8-9,12H,4-7H2,1-3H3,(H,15,19). The summed E-state index contributed by atoms with van der Waals surface area (Å²) in [5.41, 5.74) is 0.262. The van der Waals surface area contributed by atoms with E-state index in [0.717, 1.165) is 12.8 Å². The number of hydrogen-bond donors (Lipinski definition) is 1. The van der Waals surface area contributed by atoms with E-state index in [-0.39, 0.29) is 22.3 Å². The van der Waals surface area contributed by atoms with Crippen molar-refractivity contribution in [3.63, 3.8) is 0 Å². The molecule has 1 atom stereocenters. The van der Waals surface area contributed by atoms with Gasteiger partial charge in [-0.1, -0.05) is 6.42 Å². The molecule has 1 saturated heterocycles. The van der Waals surface area contributed by atoms with Crippen LogP contribution in [0.25, 0.3) is 0 Å². The summed E-state index contributed by atoms with van der Waals surface area (Å²) in [6, 6.07) is 0.738. The van der Waals surface area contributed by atoms with E-state index in [1.807, 2.05) is 0 Å². The normalized spacial score (nSPS) is 19.9. The van der Waals surface area contributed by atoms with Crippen molar-refractivity contribution in [1.29, 1.82) is 0 Å². The van der Waals surface area contributed by atoms with E-state index in [0.29, 0.717) is 13.0 Å². The third-order valence-electron chi connectivity index (χ3n) is 3.97. The van der Waals surface area contributed by atoms with Crippen molar-refractivity contribution < 1.29 is 18.0 Å². The first-order chi connectivity index (χ1) is 10.3. The van der Waals surface area contributed by atoms with Gasteiger partial charge in [0.15, 0.2) is 0 Å². The first-order valence-electron chi connectivity index (χ1n) is 7.19. The molecule has 0 aliphatic carbocycles. The number of rotatable bonds is 4. The number of carbonyl (C=O) groups excluding carboxylic acids is 2. The van der Waals surface area contributed by atoms with Gasteiger partial charge >= 0.3 is 0 Å². The SMILES string of the molecule is CNC(=O)c1cc(S(=O)(=O)N2CCCCC2C(C)=O)cn1C. The minimum Gasteiger partial charge on any atom is -0.354 e. The smallest absolute Gasteiger partial charge is 0.267 e. The number of amides is 1. The van der Waals surface area contributed by atoms with Crippen LogP contribution in [0.2, 0.25) is 0 Å². The molecule has 0 bridgehead atoms. The zero-order valence-corrected chi connectivity index (χ0v) is 13.8. The second-order valence-electron chi connectivity index (χ2n) is 5.49. The van der Waals surface area contributed by atoms with Crippen molar-refractivity contribution >= 4 is 21.7 Å². The predicted molar refractivity (Wildman–Crippen MR) is 81.0 cm³/mol. The molecule has 1 aliphatic heterocycles. The number of ketones is 1. The summed E-state index contributed by atoms with van der Waals surface area (Å²) < 4.78 is 28.4. The Labute approximate surface area is 130 Å². The molecule has 1 unspecified atom stereocenters. The Morgan fingerprint density at radius 2 is 2.00 bits per heavy atom. The van der Waals surface area contributed by atoms with Crippen molar-refractivity contribution in [2.75, 3.05) is 13.6 Å². The van der Waals surface area contributed by atoms with E-state index in [1.165, 1.54) is 35.1 Å². The average molecular weight is 327 g/mol. The van der Waals surface area contributed by atoms with Crippen molar-refractivity contribution in [1.82, 2.24) is 14.2 Å². The van der Waals surface area contributed by atoms with Gasteiger partial charge in [0, 0.05) is 26.8 Å². The molecule has 0 saturated carbocycles. The van der Waals surface area contributed by atoms with Crippen LogP contribution in [-0.2, 0) is 21.9 Å². The molecule has 1 aliphatic rings. The van der Waals surface area contributed by atoms with E-state index in [2.05, 4.69) is 5.32 Å². The second kappa shape index (κ2) is 6.21. The summed E-state index contributed by atoms with van der Waals surface area (Å²) in [5, 5.41) is 2.47. The van der Waals surface area contributed by atoms with Crippen LogP contribution in [0, 0.1) is 0 Å². The molecule has 8 heteroatoms. The Balaban J connectivity index is 2.41. The highest BCUT2D eigenvalue weighted by Gasteiger charge is 2.36. The van der Waals surface area contributed by atoms with Gasteiger partial charge in [-0.2, -0.15) is 4.31 Å². The Kier molecular flexibility index (Phi) is 4.72. The molecule has 1 fully saturated rings. The Morgan fingerprint density at radius 3 is 2.59 bits per heavy atom. The van der Waals surface area contributed by atoms with Crippen molar-refractivity contribution in [3.05, 3.63) is 18.0 Å². The lowest BCUT2D eigenvalue weighted by molar-refractivity contribution is -0.121. The Morgan fingerprint density at radius 1 is 1.32 bits per heavy atom. The molecule has 2 rings (SSSR count). The summed E-state index contributed by atoms with van der Waals surface area (Å²) in [5.74, 6) is -0.503. The number of piperidine rings is 1. The molecule has 0 aromatic carbocycles. The highest BCUT2D eigenvalue weighted by Crippen LogP contribution is 2.26. The summed E-state index contributed by atoms with van der Waals surface area (Å²) in [4.78, 5) is 23.5. The molecule has 1 N–H and O–H groups in total. The Bertz CT molecular complexity index is 693. The van der Waals surface area contributed by atoms with Crippen LogP contribution in [0.5, 0.6) is 0 Å². The maximum atomic E-state index is 12.8. The lowest BCUT2D eigenvalue weighted by Crippen LogP contribution is -2.47. The molecule has 1 aromatic rings. The van der Waals surface area contributed by atoms with Crippen LogP contribution in [0.1, 0.15) is 36.7 Å². The number of nitrogens with one attached hydrogen (secondary N) is 1. The molecule has 22 heavy (non-hydrogen) atoms. The first-order valence-corrected chi connectivity index (χ1v) is 8.63. The average Bonchev–Trinajstić information content (AvgIpc) is 2.89. The van der Waals surface area contributed by atoms with Gasteiger partial charge in [0.1, 0.15) is 16.4 Å². The number of nitrogens with zero attached hydrogens (tertiary/aromatic N) is 2. The lowest BCUT2D eigenvalue weighted by Gasteiger charge is -2.32. The van der Waals surface area contributed by atoms with E-state index < -0.39 is 16.1 Å². The molecular weight excluding hydrogens is 306 g/mol. The number of hydrogen-bond acceptors (Lipinski definition) is 4. The number of Topliss-reactive ketones (excluding diaryl/α,β-unsaturated/α-hetero) is 1. The van der Waals surface area contributed by atoms with Crippen LogP contribution in [0.3, 0.4) is 0 Å². The summed E-state index contributed by atoms with van der Waals surface area (Å²) in [7, 11) is -0.689. The fraction of sp³-hybridized carbons (Fsp3) is 0.571. The maximum Gasteiger partial charge on any atom is 0.267 e. The molecule has 2 heterocycles. The summed E-state index contributed by atoms with van der Waals surface area (Å²) in [6.07, 6.45) is 3.53. The van der Waals surface area contributed by atoms with E-state index in [4.69, 9.17) is 0 Å². The highest BCUT2D eigenvalue weighted by molar-refractivity contribution is 7.89. The van der Waals surface area contributed by atoms with E-state index >= 15 is 0 Å². The third kappa shape index (κ3) is 2.93. The minimum absolute atomic E-state index is 0.0433. The van der Waals surface area contributed by atoms with Crippen LogP contribution < -0.4 is 5.32 Å². The fourth-order valence-corrected chi connectivity index (χ4v) is 4.54. The van der Waals surface area contributed by atoms with Crippen LogP contribution in [0.4, 0.5) is 0 Å². The highest BCUT2D eigenvalue weighted by atomic mass is 32.2. The first kappa shape index (κ1) is 16.7. The second-order valence-corrected chi connectivity index (χ2v) is 7.38. The van der Waals surface area contributed by atoms with E-state index in [9.17, 15) is 18.0 Å². The molecule has 0 radical (unpaired) electrons. The topological polar surface area (TPSA) is 88.5 Å². The molecule has 1 amide bonds. The van der Waals surface area contributed by atoms with Gasteiger partial charge < -0.3 is 9.88 Å². The van der Waals surface area contributed by atoms with Crippen molar-refractivity contribution in [3.8, 4) is 0 Å². The van der Waals surface area contributed by atoms with Crippen LogP contribution >= 0.6 is 0 Å².